The third-order valence-electron chi connectivity index (χ3n) is 5.54. The smallest absolute Gasteiger partial charge is 0.316 e. The maximum atomic E-state index is 14.5. The average molecular weight is 581 g/mol. The van der Waals surface area contributed by atoms with E-state index in [1.165, 1.54) is 23.9 Å². The van der Waals surface area contributed by atoms with Crippen molar-refractivity contribution in [2.75, 3.05) is 11.9 Å². The van der Waals surface area contributed by atoms with Crippen molar-refractivity contribution in [1.29, 1.82) is 0 Å². The minimum atomic E-state index is -10.0. The minimum Gasteiger partial charge on any atom is -0.378 e. The van der Waals surface area contributed by atoms with Crippen molar-refractivity contribution in [1.82, 2.24) is 14.8 Å². The van der Waals surface area contributed by atoms with Crippen molar-refractivity contribution in [3.05, 3.63) is 47.0 Å². The van der Waals surface area contributed by atoms with Crippen LogP contribution in [0.2, 0.25) is 5.15 Å². The summed E-state index contributed by atoms with van der Waals surface area (Å²) in [5, 5.41) is 7.63. The second-order valence-electron chi connectivity index (χ2n) is 8.20. The summed E-state index contributed by atoms with van der Waals surface area (Å²) in [4.78, 5) is 10.8. The van der Waals surface area contributed by atoms with Crippen LogP contribution < -0.4 is 5.32 Å². The number of aromatic nitrogens is 3. The summed E-state index contributed by atoms with van der Waals surface area (Å²) in [6.07, 6.45) is 1.43. The Kier molecular flexibility index (Phi) is 6.59. The van der Waals surface area contributed by atoms with Gasteiger partial charge in [-0.25, -0.2) is 14.1 Å². The number of ether oxygens (including phenoxy) is 1. The topological polar surface area (TPSA) is 98.5 Å². The van der Waals surface area contributed by atoms with E-state index >= 15 is 0 Å². The summed E-state index contributed by atoms with van der Waals surface area (Å²) in [5.74, 6) is -1.45. The molecule has 0 bridgehead atoms. The molecule has 4 atom stereocenters. The predicted molar refractivity (Wildman–Crippen MR) is 123 cm³/mol. The van der Waals surface area contributed by atoms with Crippen molar-refractivity contribution in [2.45, 2.75) is 43.0 Å². The van der Waals surface area contributed by atoms with Crippen molar-refractivity contribution in [3.63, 3.8) is 0 Å². The Labute approximate surface area is 206 Å². The summed E-state index contributed by atoms with van der Waals surface area (Å²) < 4.78 is 102. The van der Waals surface area contributed by atoms with Gasteiger partial charge in [-0.3, -0.25) is 4.57 Å². The van der Waals surface area contributed by atoms with Gasteiger partial charge in [0.05, 0.1) is 36.0 Å². The Bertz CT molecular complexity index is 1350. The molecule has 0 saturated carbocycles. The number of benzene rings is 1. The van der Waals surface area contributed by atoms with Crippen LogP contribution in [0.1, 0.15) is 37.6 Å². The first-order chi connectivity index (χ1) is 16.5. The summed E-state index contributed by atoms with van der Waals surface area (Å²) in [6, 6.07) is 1.04. The quantitative estimate of drug-likeness (QED) is 0.166. The number of hydrogen-bond acceptors (Lipinski definition) is 6. The van der Waals surface area contributed by atoms with Gasteiger partial charge in [0.1, 0.15) is 15.9 Å². The number of pyridine rings is 1. The van der Waals surface area contributed by atoms with E-state index in [4.69, 9.17) is 25.8 Å². The van der Waals surface area contributed by atoms with E-state index in [1.54, 1.807) is 0 Å². The molecule has 3 heterocycles. The van der Waals surface area contributed by atoms with Gasteiger partial charge in [0.15, 0.2) is 11.9 Å². The lowest BCUT2D eigenvalue weighted by molar-refractivity contribution is -0.0220. The Morgan fingerprint density at radius 2 is 2.03 bits per heavy atom. The highest BCUT2D eigenvalue weighted by Gasteiger charge is 2.65. The van der Waals surface area contributed by atoms with Crippen molar-refractivity contribution >= 4 is 46.8 Å². The zero-order chi connectivity index (χ0) is 26.5. The molecule has 1 aliphatic rings. The fourth-order valence-corrected chi connectivity index (χ4v) is 5.05. The lowest BCUT2D eigenvalue weighted by Crippen LogP contribution is -2.16. The molecule has 200 valence electrons. The first-order valence-electron chi connectivity index (χ1n) is 10.4. The second-order valence-corrected chi connectivity index (χ2v) is 11.8. The normalized spacial score (nSPS) is 22.2. The molecule has 1 saturated heterocycles. The first kappa shape index (κ1) is 27.0. The van der Waals surface area contributed by atoms with Gasteiger partial charge in [-0.1, -0.05) is 37.1 Å². The van der Waals surface area contributed by atoms with Crippen LogP contribution in [0.4, 0.5) is 29.5 Å². The van der Waals surface area contributed by atoms with Crippen molar-refractivity contribution in [3.8, 4) is 0 Å². The van der Waals surface area contributed by atoms with Gasteiger partial charge in [0.25, 0.3) is 0 Å². The number of fused-ring (bicyclic) bond motifs is 1. The number of nitrogens with zero attached hydrogens (tertiary/aromatic N) is 3. The third-order valence-corrected chi connectivity index (χ3v) is 7.29. The molecule has 0 aliphatic carbocycles. The molecule has 4 unspecified atom stereocenters. The van der Waals surface area contributed by atoms with Crippen LogP contribution in [-0.2, 0) is 13.8 Å². The summed E-state index contributed by atoms with van der Waals surface area (Å²) in [5.41, 5.74) is 0.326. The highest BCUT2D eigenvalue weighted by molar-refractivity contribution is 8.45. The molecule has 1 fully saturated rings. The monoisotopic (exact) mass is 580 g/mol. The summed E-state index contributed by atoms with van der Waals surface area (Å²) >= 11 is 6.14. The van der Waals surface area contributed by atoms with E-state index in [2.05, 4.69) is 15.4 Å². The van der Waals surface area contributed by atoms with E-state index in [0.29, 0.717) is 30.0 Å². The maximum Gasteiger partial charge on any atom is 0.316 e. The molecule has 0 radical (unpaired) electrons. The number of nitrogens with one attached hydrogen (secondary N) is 1. The van der Waals surface area contributed by atoms with Crippen LogP contribution in [0.3, 0.4) is 0 Å². The van der Waals surface area contributed by atoms with Crippen molar-refractivity contribution < 1.29 is 42.5 Å². The first-order valence-corrected chi connectivity index (χ1v) is 14.0. The average Bonchev–Trinajstić information content (AvgIpc) is 3.37. The molecule has 2 aromatic heterocycles. The summed E-state index contributed by atoms with van der Waals surface area (Å²) in [6.45, 7) is 1.36. The van der Waals surface area contributed by atoms with Crippen LogP contribution >= 0.6 is 30.1 Å². The van der Waals surface area contributed by atoms with Gasteiger partial charge < -0.3 is 19.5 Å². The van der Waals surface area contributed by atoms with Gasteiger partial charge in [-0.15, -0.1) is 0 Å². The predicted octanol–water partition coefficient (Wildman–Crippen LogP) is 7.13. The molecular formula is C19H20ClF6N4O4PS. The van der Waals surface area contributed by atoms with E-state index in [-0.39, 0.29) is 35.1 Å². The van der Waals surface area contributed by atoms with Crippen LogP contribution in [0.25, 0.3) is 11.0 Å². The van der Waals surface area contributed by atoms with E-state index in [0.717, 1.165) is 0 Å². The van der Waals surface area contributed by atoms with Crippen LogP contribution in [0.5, 0.6) is 0 Å². The molecular weight excluding hydrogens is 561 g/mol. The van der Waals surface area contributed by atoms with Crippen LogP contribution in [0, 0.1) is 5.82 Å². The Morgan fingerprint density at radius 3 is 2.67 bits per heavy atom. The highest BCUT2D eigenvalue weighted by atomic mass is 35.5. The molecule has 17 heteroatoms. The Balaban J connectivity index is 1.58. The highest BCUT2D eigenvalue weighted by Crippen LogP contribution is 3.02. The van der Waals surface area contributed by atoms with Gasteiger partial charge in [0, 0.05) is 5.56 Å². The molecule has 4 rings (SSSR count). The third kappa shape index (κ3) is 5.92. The molecule has 0 amide bonds. The summed E-state index contributed by atoms with van der Waals surface area (Å²) in [7, 11) is -13.1. The van der Waals surface area contributed by atoms with Crippen LogP contribution in [0.15, 0.2) is 35.4 Å². The molecule has 36 heavy (non-hydrogen) atoms. The molecule has 1 aliphatic heterocycles. The second kappa shape index (κ2) is 8.77. The van der Waals surface area contributed by atoms with E-state index in [9.17, 15) is 28.4 Å². The van der Waals surface area contributed by atoms with Gasteiger partial charge in [0.2, 0.25) is 0 Å². The van der Waals surface area contributed by atoms with E-state index < -0.39 is 47.6 Å². The lowest BCUT2D eigenvalue weighted by Gasteiger charge is -2.40. The zero-order valence-electron chi connectivity index (χ0n) is 18.3. The number of anilines is 1. The number of rotatable bonds is 8. The fraction of sp³-hybridized carbons (Fsp3) is 0.368. The SMILES string of the molecule is CC(Nc1cc(Cl)nc2c1cnn2C1CCC(CO[PH](=O)O)O1)c1ccc(S(F)(F)(F)(F)F)cc1F. The van der Waals surface area contributed by atoms with Gasteiger partial charge in [-0.2, -0.15) is 5.10 Å². The van der Waals surface area contributed by atoms with Crippen molar-refractivity contribution in [2.24, 2.45) is 0 Å². The zero-order valence-corrected chi connectivity index (χ0v) is 20.9. The molecule has 1 aromatic carbocycles. The fourth-order valence-electron chi connectivity index (χ4n) is 3.88. The van der Waals surface area contributed by atoms with E-state index in [1.807, 2.05) is 0 Å². The Morgan fingerprint density at radius 1 is 1.31 bits per heavy atom. The maximum absolute atomic E-state index is 14.5. The van der Waals surface area contributed by atoms with Gasteiger partial charge >= 0.3 is 18.5 Å². The molecule has 0 spiro atoms. The molecule has 2 N–H and O–H groups in total. The number of hydrogen-bond donors (Lipinski definition) is 2. The lowest BCUT2D eigenvalue weighted by atomic mass is 10.1. The molecule has 3 aromatic rings. The van der Waals surface area contributed by atoms with Crippen LogP contribution in [-0.4, -0.2) is 32.4 Å². The Hall–Kier alpha value is -2.03. The standard InChI is InChI=1S/C19H20ClF6N4O4PS/c1-10(13-4-3-12(6-15(13)21)36(22,23,24,25)26)28-16-7-17(20)29-19-14(16)8-27-30(19)18-5-2-11(34-18)9-33-35(31)32/h3-4,6-8,10-11,18,35H,2,5,9H2,1H3,(H,28,29)(H,31,32). The largest absolute Gasteiger partial charge is 0.378 e. The van der Waals surface area contributed by atoms with Gasteiger partial charge in [-0.05, 0) is 38.0 Å². The minimum absolute atomic E-state index is 0.0208. The molecule has 8 nitrogen and oxygen atoms in total. The number of halogens is 7.